The van der Waals surface area contributed by atoms with Crippen LogP contribution >= 0.6 is 0 Å². The Morgan fingerprint density at radius 2 is 1.53 bits per heavy atom. The maximum absolute atomic E-state index is 14.5. The van der Waals surface area contributed by atoms with E-state index in [1.54, 1.807) is 68.8 Å². The van der Waals surface area contributed by atoms with Gasteiger partial charge in [0.2, 0.25) is 23.6 Å². The zero-order valence-electron chi connectivity index (χ0n) is 40.0. The highest BCUT2D eigenvalue weighted by atomic mass is 16.6. The van der Waals surface area contributed by atoms with Crippen LogP contribution in [0.25, 0.3) is 0 Å². The molecule has 1 saturated heterocycles. The number of benzene rings is 2. The monoisotopic (exact) mass is 898 g/mol. The van der Waals surface area contributed by atoms with Gasteiger partial charge in [0.1, 0.15) is 24.4 Å². The SMILES string of the molecule is CC[C@H](C)[C@@H]([C@@H](CC(=O)N1CCCC1[C@H](OC)[C@@H](C)C(=O)N[C@H](C)[C@@H](O)c1ccccc1)OC)N(C)C(=O)[C@@H](NC(=O)[C@H](CC)N(C)C(=O)OCc1cc(C)cc(CO)c1O)C(C)C. The van der Waals surface area contributed by atoms with Gasteiger partial charge in [-0.3, -0.25) is 24.1 Å². The first-order chi connectivity index (χ1) is 30.3. The van der Waals surface area contributed by atoms with Crippen molar-refractivity contribution in [1.29, 1.82) is 0 Å². The largest absolute Gasteiger partial charge is 0.507 e. The van der Waals surface area contributed by atoms with E-state index in [0.29, 0.717) is 42.5 Å². The number of hydrogen-bond donors (Lipinski definition) is 5. The second-order valence-electron chi connectivity index (χ2n) is 17.7. The number of nitrogens with one attached hydrogen (secondary N) is 2. The number of phenols is 1. The summed E-state index contributed by atoms with van der Waals surface area (Å²) in [6.45, 7) is 14.4. The van der Waals surface area contributed by atoms with Gasteiger partial charge in [0.05, 0.1) is 55.4 Å². The molecule has 0 aliphatic carbocycles. The number of aliphatic hydroxyl groups excluding tert-OH is 2. The quantitative estimate of drug-likeness (QED) is 0.102. The van der Waals surface area contributed by atoms with Gasteiger partial charge in [-0.1, -0.05) is 89.9 Å². The van der Waals surface area contributed by atoms with E-state index in [2.05, 4.69) is 10.6 Å². The van der Waals surface area contributed by atoms with Gasteiger partial charge in [0, 0.05) is 46.0 Å². The number of ether oxygens (including phenoxy) is 3. The van der Waals surface area contributed by atoms with E-state index in [4.69, 9.17) is 14.2 Å². The molecule has 2 aromatic carbocycles. The Kier molecular flexibility index (Phi) is 21.0. The van der Waals surface area contributed by atoms with Crippen molar-refractivity contribution in [2.24, 2.45) is 17.8 Å². The fourth-order valence-electron chi connectivity index (χ4n) is 8.83. The topological polar surface area (TPSA) is 208 Å². The molecule has 358 valence electrons. The highest BCUT2D eigenvalue weighted by Gasteiger charge is 2.43. The second kappa shape index (κ2) is 25.1. The Morgan fingerprint density at radius 1 is 0.891 bits per heavy atom. The molecule has 3 rings (SSSR count). The van der Waals surface area contributed by atoms with Crippen molar-refractivity contribution in [1.82, 2.24) is 25.3 Å². The summed E-state index contributed by atoms with van der Waals surface area (Å²) >= 11 is 0. The number of carbonyl (C=O) groups excluding carboxylic acids is 5. The van der Waals surface area contributed by atoms with E-state index in [0.717, 1.165) is 10.5 Å². The van der Waals surface area contributed by atoms with Gasteiger partial charge in [-0.05, 0) is 56.6 Å². The number of likely N-dealkylation sites (tertiary alicyclic amines) is 1. The number of carbonyl (C=O) groups is 5. The van der Waals surface area contributed by atoms with Crippen LogP contribution < -0.4 is 10.6 Å². The molecule has 0 spiro atoms. The molecule has 2 aromatic rings. The number of hydrogen-bond acceptors (Lipinski definition) is 11. The molecule has 0 saturated carbocycles. The van der Waals surface area contributed by atoms with Crippen molar-refractivity contribution < 1.29 is 53.5 Å². The van der Waals surface area contributed by atoms with E-state index in [1.165, 1.54) is 21.3 Å². The first-order valence-corrected chi connectivity index (χ1v) is 22.5. The molecular formula is C48H75N5O11. The second-order valence-corrected chi connectivity index (χ2v) is 17.7. The van der Waals surface area contributed by atoms with Crippen LogP contribution in [0.15, 0.2) is 42.5 Å². The van der Waals surface area contributed by atoms with E-state index in [-0.39, 0.29) is 61.4 Å². The number of amides is 5. The zero-order valence-corrected chi connectivity index (χ0v) is 40.0. The minimum absolute atomic E-state index is 0.0535. The van der Waals surface area contributed by atoms with Crippen LogP contribution in [0.2, 0.25) is 0 Å². The van der Waals surface area contributed by atoms with Crippen molar-refractivity contribution in [2.45, 2.75) is 149 Å². The van der Waals surface area contributed by atoms with Gasteiger partial charge in [-0.25, -0.2) is 4.79 Å². The van der Waals surface area contributed by atoms with E-state index >= 15 is 0 Å². The van der Waals surface area contributed by atoms with Crippen molar-refractivity contribution in [3.63, 3.8) is 0 Å². The van der Waals surface area contributed by atoms with Gasteiger partial charge in [-0.15, -0.1) is 0 Å². The van der Waals surface area contributed by atoms with Crippen molar-refractivity contribution in [3.8, 4) is 5.75 Å². The van der Waals surface area contributed by atoms with Gasteiger partial charge in [0.25, 0.3) is 0 Å². The average molecular weight is 898 g/mol. The standard InChI is InChI=1S/C48H75N5O11/c1-13-30(6)41(38(62-11)25-39(55)53-22-18-21-37(53)44(63-12)31(7)45(58)49-32(8)42(56)33-19-16-15-17-20-33)52(10)47(60)40(28(3)4)50-46(59)36(14-2)51(9)48(61)64-27-35-24-29(5)23-34(26-54)43(35)57/h15-17,19-20,23-24,28,30-32,36-38,40-42,44,54,56-57H,13-14,18,21-22,25-27H2,1-12H3,(H,49,58)(H,50,59)/t30-,31+,32+,36-,37?,38+,40-,41-,42+,44+/m0/s1. The van der Waals surface area contributed by atoms with Gasteiger partial charge >= 0.3 is 6.09 Å². The van der Waals surface area contributed by atoms with Crippen molar-refractivity contribution in [3.05, 3.63) is 64.7 Å². The molecule has 1 fully saturated rings. The summed E-state index contributed by atoms with van der Waals surface area (Å²) in [4.78, 5) is 73.9. The molecule has 64 heavy (non-hydrogen) atoms. The Morgan fingerprint density at radius 3 is 2.09 bits per heavy atom. The molecule has 1 aliphatic heterocycles. The summed E-state index contributed by atoms with van der Waals surface area (Å²) in [6, 6.07) is 8.83. The Hall–Kier alpha value is -4.77. The average Bonchev–Trinajstić information content (AvgIpc) is 3.77. The normalized spacial score (nSPS) is 18.2. The summed E-state index contributed by atoms with van der Waals surface area (Å²) in [5.41, 5.74) is 2.06. The highest BCUT2D eigenvalue weighted by molar-refractivity contribution is 5.91. The maximum Gasteiger partial charge on any atom is 0.410 e. The molecule has 0 bridgehead atoms. The van der Waals surface area contributed by atoms with Gasteiger partial charge < -0.3 is 50.0 Å². The number of aliphatic hydroxyl groups is 2. The van der Waals surface area contributed by atoms with Crippen molar-refractivity contribution >= 4 is 29.7 Å². The van der Waals surface area contributed by atoms with E-state index < -0.39 is 66.4 Å². The fraction of sp³-hybridized carbons (Fsp3) is 0.646. The fourth-order valence-corrected chi connectivity index (χ4v) is 8.83. The van der Waals surface area contributed by atoms with Crippen LogP contribution in [-0.4, -0.2) is 137 Å². The minimum atomic E-state index is -0.997. The molecule has 16 nitrogen and oxygen atoms in total. The molecule has 16 heteroatoms. The molecule has 5 N–H and O–H groups in total. The summed E-state index contributed by atoms with van der Waals surface area (Å²) in [5.74, 6) is -2.77. The molecule has 0 radical (unpaired) electrons. The first kappa shape index (κ1) is 53.6. The van der Waals surface area contributed by atoms with Crippen molar-refractivity contribution in [2.75, 3.05) is 34.9 Å². The van der Waals surface area contributed by atoms with E-state index in [1.807, 2.05) is 45.9 Å². The number of rotatable bonds is 23. The van der Waals surface area contributed by atoms with Gasteiger partial charge in [-0.2, -0.15) is 0 Å². The third kappa shape index (κ3) is 13.4. The molecule has 10 atom stereocenters. The lowest BCUT2D eigenvalue weighted by atomic mass is 9.89. The Bertz CT molecular complexity index is 1850. The van der Waals surface area contributed by atoms with Crippen LogP contribution in [0.1, 0.15) is 109 Å². The molecule has 1 heterocycles. The van der Waals surface area contributed by atoms with Crippen LogP contribution in [0.3, 0.4) is 0 Å². The molecule has 0 aromatic heterocycles. The lowest BCUT2D eigenvalue weighted by Crippen LogP contribution is -2.59. The van der Waals surface area contributed by atoms with Gasteiger partial charge in [0.15, 0.2) is 0 Å². The predicted molar refractivity (Wildman–Crippen MR) is 243 cm³/mol. The Balaban J connectivity index is 1.74. The third-order valence-electron chi connectivity index (χ3n) is 12.9. The number of likely N-dealkylation sites (N-methyl/N-ethyl adjacent to an activating group) is 2. The zero-order chi connectivity index (χ0) is 48.0. The maximum atomic E-state index is 14.5. The number of nitrogens with zero attached hydrogens (tertiary/aromatic N) is 3. The first-order valence-electron chi connectivity index (χ1n) is 22.5. The summed E-state index contributed by atoms with van der Waals surface area (Å²) < 4.78 is 17.4. The van der Waals surface area contributed by atoms with E-state index in [9.17, 15) is 39.3 Å². The van der Waals surface area contributed by atoms with Crippen LogP contribution in [-0.2, 0) is 46.6 Å². The molecule has 1 unspecified atom stereocenters. The van der Waals surface area contributed by atoms with Crippen LogP contribution in [0.4, 0.5) is 4.79 Å². The number of aryl methyl sites for hydroxylation is 1. The molecular weight excluding hydrogens is 823 g/mol. The van der Waals surface area contributed by atoms with Crippen LogP contribution in [0.5, 0.6) is 5.75 Å². The summed E-state index contributed by atoms with van der Waals surface area (Å²) in [6.07, 6.45) is -0.939. The number of methoxy groups -OCH3 is 2. The van der Waals surface area contributed by atoms with Crippen LogP contribution in [0, 0.1) is 24.7 Å². The lowest BCUT2D eigenvalue weighted by Gasteiger charge is -2.41. The number of aromatic hydroxyl groups is 1. The predicted octanol–water partition coefficient (Wildman–Crippen LogP) is 4.84. The summed E-state index contributed by atoms with van der Waals surface area (Å²) in [7, 11) is 6.11. The summed E-state index contributed by atoms with van der Waals surface area (Å²) in [5, 5.41) is 36.8. The minimum Gasteiger partial charge on any atom is -0.507 e. The smallest absolute Gasteiger partial charge is 0.410 e. The highest BCUT2D eigenvalue weighted by Crippen LogP contribution is 2.31. The lowest BCUT2D eigenvalue weighted by molar-refractivity contribution is -0.148. The Labute approximate surface area is 380 Å². The third-order valence-corrected chi connectivity index (χ3v) is 12.9. The molecule has 1 aliphatic rings. The molecule has 5 amide bonds.